The Balaban J connectivity index is 0.904. The molecule has 0 unspecified atom stereocenters. The fraction of sp³-hybridized carbons (Fsp3) is 0.0488. The lowest BCUT2D eigenvalue weighted by molar-refractivity contribution is 0.591. The Morgan fingerprint density at radius 3 is 1.33 bits per heavy atom. The molecule has 0 bridgehead atoms. The largest absolute Gasteiger partial charge is 0.311 e. The van der Waals surface area contributed by atoms with E-state index in [9.17, 15) is 0 Å². The maximum absolute atomic E-state index is 5.67. The monoisotopic (exact) mass is 1180 g/mol. The molecule has 0 atom stereocenters. The van der Waals surface area contributed by atoms with Crippen LogP contribution in [-0.4, -0.2) is 41.2 Å². The quantitative estimate of drug-likeness (QED) is 0.125. The van der Waals surface area contributed by atoms with Crippen LogP contribution in [0.4, 0.5) is 34.1 Å². The molecular formula is C82H58BN9. The molecule has 92 heavy (non-hydrogen) atoms. The van der Waals surface area contributed by atoms with Crippen molar-refractivity contribution in [3.63, 3.8) is 0 Å². The second-order valence-electron chi connectivity index (χ2n) is 24.6. The number of hydrogen-bond donors (Lipinski definition) is 0. The summed E-state index contributed by atoms with van der Waals surface area (Å²) in [5, 5.41) is 2.32. The van der Waals surface area contributed by atoms with E-state index in [1.54, 1.807) is 0 Å². The molecule has 10 heteroatoms. The molecule has 0 saturated carbocycles. The molecule has 0 N–H and O–H groups in total. The highest BCUT2D eigenvalue weighted by Crippen LogP contribution is 2.49. The van der Waals surface area contributed by atoms with Crippen LogP contribution in [-0.2, 0) is 5.41 Å². The van der Waals surface area contributed by atoms with Crippen molar-refractivity contribution in [2.75, 3.05) is 9.80 Å². The van der Waals surface area contributed by atoms with E-state index in [-0.39, 0.29) is 12.1 Å². The molecule has 9 nitrogen and oxygen atoms in total. The molecule has 2 aliphatic rings. The lowest BCUT2D eigenvalue weighted by Crippen LogP contribution is -2.61. The van der Waals surface area contributed by atoms with Gasteiger partial charge in [0.25, 0.3) is 6.71 Å². The summed E-state index contributed by atoms with van der Waals surface area (Å²) in [5.41, 5.74) is 21.8. The summed E-state index contributed by atoms with van der Waals surface area (Å²) in [6.45, 7) is 6.76. The highest BCUT2D eigenvalue weighted by atomic mass is 15.2. The van der Waals surface area contributed by atoms with E-state index >= 15 is 0 Å². The van der Waals surface area contributed by atoms with Gasteiger partial charge in [-0.1, -0.05) is 233 Å². The zero-order chi connectivity index (χ0) is 61.4. The van der Waals surface area contributed by atoms with Crippen molar-refractivity contribution in [1.29, 1.82) is 0 Å². The van der Waals surface area contributed by atoms with Crippen LogP contribution in [0, 0.1) is 0 Å². The Kier molecular flexibility index (Phi) is 13.0. The number of anilines is 6. The number of nitrogens with zero attached hydrogens (tertiary/aromatic N) is 9. The third kappa shape index (κ3) is 9.25. The van der Waals surface area contributed by atoms with Crippen LogP contribution >= 0.6 is 0 Å². The summed E-state index contributed by atoms with van der Waals surface area (Å²) in [7, 11) is 0. The number of para-hydroxylation sites is 5. The zero-order valence-electron chi connectivity index (χ0n) is 50.9. The molecule has 3 aromatic heterocycles. The molecule has 0 saturated heterocycles. The molecule has 17 rings (SSSR count). The predicted octanol–water partition coefficient (Wildman–Crippen LogP) is 18.2. The van der Waals surface area contributed by atoms with Crippen molar-refractivity contribution < 1.29 is 0 Å². The lowest BCUT2D eigenvalue weighted by Gasteiger charge is -2.45. The van der Waals surface area contributed by atoms with E-state index in [1.165, 1.54) is 27.6 Å². The van der Waals surface area contributed by atoms with Gasteiger partial charge < -0.3 is 14.4 Å². The van der Waals surface area contributed by atoms with Crippen molar-refractivity contribution in [3.05, 3.63) is 303 Å². The van der Waals surface area contributed by atoms with Gasteiger partial charge in [0.15, 0.2) is 34.9 Å². The molecule has 5 heterocycles. The molecule has 434 valence electrons. The molecule has 15 aromatic rings. The van der Waals surface area contributed by atoms with Crippen LogP contribution in [0.15, 0.2) is 297 Å². The van der Waals surface area contributed by atoms with Gasteiger partial charge in [-0.05, 0) is 118 Å². The highest BCUT2D eigenvalue weighted by molar-refractivity contribution is 7.00. The summed E-state index contributed by atoms with van der Waals surface area (Å²) in [5.74, 6) is 3.23. The van der Waals surface area contributed by atoms with Gasteiger partial charge in [0, 0.05) is 78.2 Å². The topological polar surface area (TPSA) is 88.7 Å². The first-order valence-corrected chi connectivity index (χ1v) is 31.3. The van der Waals surface area contributed by atoms with E-state index in [4.69, 9.17) is 29.9 Å². The molecule has 0 radical (unpaired) electrons. The first-order valence-electron chi connectivity index (χ1n) is 31.3. The normalized spacial score (nSPS) is 12.4. The van der Waals surface area contributed by atoms with E-state index in [0.717, 1.165) is 100 Å². The van der Waals surface area contributed by atoms with Gasteiger partial charge in [-0.25, -0.2) is 29.9 Å². The third-order valence-electron chi connectivity index (χ3n) is 18.0. The molecule has 0 aliphatic carbocycles. The van der Waals surface area contributed by atoms with Crippen molar-refractivity contribution >= 4 is 79.0 Å². The van der Waals surface area contributed by atoms with Crippen molar-refractivity contribution in [3.8, 4) is 85.1 Å². The predicted molar refractivity (Wildman–Crippen MR) is 378 cm³/mol. The number of benzene rings is 12. The standard InChI is InChI=1S/C82H58BN9/c1-82(2,3)59-45-48-69-64(52-59)63-38-19-22-41-68(63)92(69)70-47-44-58(80-85-76(53-26-9-4-10-27-53)84-77(86-80)54-28-11-5-12-29-54)51-65(70)81-88-78(55-30-13-6-14-31-55)87-79(89-81)57-33-25-32-56(50-57)62-46-49-73-74-75(62)91(61-36-17-8-18-37-61)72-43-24-21-40-67(72)83(74)66-39-20-23-42-71(66)90(73)60-34-15-7-16-35-60/h4-52H,1-3H3. The van der Waals surface area contributed by atoms with Gasteiger partial charge in [-0.15, -0.1) is 0 Å². The van der Waals surface area contributed by atoms with Crippen LogP contribution in [0.3, 0.4) is 0 Å². The Morgan fingerprint density at radius 1 is 0.293 bits per heavy atom. The smallest absolute Gasteiger partial charge is 0.252 e. The molecule has 0 fully saturated rings. The van der Waals surface area contributed by atoms with Crippen LogP contribution in [0.5, 0.6) is 0 Å². The van der Waals surface area contributed by atoms with Crippen molar-refractivity contribution in [1.82, 2.24) is 34.5 Å². The summed E-state index contributed by atoms with van der Waals surface area (Å²) in [4.78, 5) is 37.2. The first-order chi connectivity index (χ1) is 45.3. The minimum atomic E-state index is -0.0692. The Hall–Kier alpha value is -11.9. The van der Waals surface area contributed by atoms with Gasteiger partial charge in [-0.3, -0.25) is 0 Å². The van der Waals surface area contributed by atoms with E-state index in [2.05, 4.69) is 254 Å². The second kappa shape index (κ2) is 22.0. The van der Waals surface area contributed by atoms with E-state index in [0.29, 0.717) is 34.9 Å². The van der Waals surface area contributed by atoms with Crippen LogP contribution in [0.2, 0.25) is 0 Å². The second-order valence-corrected chi connectivity index (χ2v) is 24.6. The van der Waals surface area contributed by atoms with Gasteiger partial charge in [-0.2, -0.15) is 0 Å². The summed E-state index contributed by atoms with van der Waals surface area (Å²) in [6, 6.07) is 105. The zero-order valence-corrected chi connectivity index (χ0v) is 50.9. The maximum atomic E-state index is 5.67. The fourth-order valence-electron chi connectivity index (χ4n) is 13.7. The molecule has 0 spiro atoms. The third-order valence-corrected chi connectivity index (χ3v) is 18.0. The number of rotatable bonds is 10. The summed E-state index contributed by atoms with van der Waals surface area (Å²) >= 11 is 0. The average molecular weight is 1180 g/mol. The van der Waals surface area contributed by atoms with E-state index in [1.807, 2.05) is 78.9 Å². The van der Waals surface area contributed by atoms with Crippen molar-refractivity contribution in [2.45, 2.75) is 26.2 Å². The van der Waals surface area contributed by atoms with E-state index < -0.39 is 0 Å². The maximum Gasteiger partial charge on any atom is 0.252 e. The number of hydrogen-bond acceptors (Lipinski definition) is 8. The summed E-state index contributed by atoms with van der Waals surface area (Å²) < 4.78 is 2.36. The molecule has 0 amide bonds. The number of fused-ring (bicyclic) bond motifs is 7. The van der Waals surface area contributed by atoms with Crippen LogP contribution in [0.1, 0.15) is 26.3 Å². The Labute approximate surface area is 534 Å². The van der Waals surface area contributed by atoms with Crippen molar-refractivity contribution in [2.24, 2.45) is 0 Å². The number of aromatic nitrogens is 7. The van der Waals surface area contributed by atoms with Crippen LogP contribution in [0.25, 0.3) is 107 Å². The molecular weight excluding hydrogens is 1120 g/mol. The van der Waals surface area contributed by atoms with Gasteiger partial charge >= 0.3 is 0 Å². The Bertz CT molecular complexity index is 5270. The summed E-state index contributed by atoms with van der Waals surface area (Å²) in [6.07, 6.45) is 0. The lowest BCUT2D eigenvalue weighted by atomic mass is 9.33. The fourth-order valence-corrected chi connectivity index (χ4v) is 13.7. The van der Waals surface area contributed by atoms with Gasteiger partial charge in [0.05, 0.1) is 22.4 Å². The van der Waals surface area contributed by atoms with Gasteiger partial charge in [0.1, 0.15) is 0 Å². The average Bonchev–Trinajstić information content (AvgIpc) is 0.822. The Morgan fingerprint density at radius 2 is 0.739 bits per heavy atom. The minimum absolute atomic E-state index is 0.0533. The molecule has 12 aromatic carbocycles. The first kappa shape index (κ1) is 54.3. The van der Waals surface area contributed by atoms with Gasteiger partial charge in [0.2, 0.25) is 0 Å². The highest BCUT2D eigenvalue weighted by Gasteiger charge is 2.44. The minimum Gasteiger partial charge on any atom is -0.311 e. The SMILES string of the molecule is CC(C)(C)c1ccc2c(c1)c1ccccc1n2-c1ccc(-c2nc(-c3ccccc3)nc(-c3ccccc3)n2)cc1-c1nc(-c2ccccc2)nc(-c2cccc(-c3ccc4c5c3N(c3ccccc3)c3ccccc3B5c3ccccc3N4c3ccccc3)c2)n1. The molecule has 2 aliphatic heterocycles. The van der Waals surface area contributed by atoms with Crippen LogP contribution < -0.4 is 26.2 Å².